The van der Waals surface area contributed by atoms with Crippen molar-refractivity contribution in [3.8, 4) is 6.07 Å². The Bertz CT molecular complexity index is 614. The van der Waals surface area contributed by atoms with Crippen LogP contribution in [0.3, 0.4) is 0 Å². The topological polar surface area (TPSA) is 41.6 Å². The largest absolute Gasteiger partial charge is 0.325 e. The minimum atomic E-state index is 0.648. The van der Waals surface area contributed by atoms with Crippen LogP contribution in [-0.2, 0) is 6.42 Å². The number of hydrogen-bond donors (Lipinski definition) is 0. The molecule has 3 nitrogen and oxygen atoms in total. The maximum absolute atomic E-state index is 8.95. The fourth-order valence-corrected chi connectivity index (χ4v) is 2.47. The SMILES string of the molecule is CCCCc1nc2cc(C#N)ccc2n1C1CC1. The van der Waals surface area contributed by atoms with E-state index in [-0.39, 0.29) is 0 Å². The lowest BCUT2D eigenvalue weighted by molar-refractivity contribution is 0.664. The molecule has 92 valence electrons. The quantitative estimate of drug-likeness (QED) is 0.818. The van der Waals surface area contributed by atoms with E-state index in [2.05, 4.69) is 23.6 Å². The third-order valence-corrected chi connectivity index (χ3v) is 3.56. The van der Waals surface area contributed by atoms with Gasteiger partial charge in [0.25, 0.3) is 0 Å². The smallest absolute Gasteiger partial charge is 0.110 e. The molecule has 0 spiro atoms. The number of nitrogens with zero attached hydrogens (tertiary/aromatic N) is 3. The summed E-state index contributed by atoms with van der Waals surface area (Å²) in [6.07, 6.45) is 5.96. The first-order chi connectivity index (χ1) is 8.83. The van der Waals surface area contributed by atoms with Gasteiger partial charge in [-0.3, -0.25) is 0 Å². The Labute approximate surface area is 107 Å². The third kappa shape index (κ3) is 1.88. The molecule has 1 aromatic carbocycles. The second-order valence-electron chi connectivity index (χ2n) is 5.05. The summed E-state index contributed by atoms with van der Waals surface area (Å²) in [6, 6.07) is 8.69. The molecule has 0 aliphatic heterocycles. The number of unbranched alkanes of at least 4 members (excludes halogenated alkanes) is 1. The van der Waals surface area contributed by atoms with E-state index in [9.17, 15) is 0 Å². The Hall–Kier alpha value is -1.82. The molecule has 3 heteroatoms. The van der Waals surface area contributed by atoms with Gasteiger partial charge in [-0.25, -0.2) is 4.98 Å². The molecule has 0 unspecified atom stereocenters. The molecule has 0 radical (unpaired) electrons. The zero-order valence-corrected chi connectivity index (χ0v) is 10.7. The summed E-state index contributed by atoms with van der Waals surface area (Å²) in [5, 5.41) is 8.95. The predicted molar refractivity (Wildman–Crippen MR) is 71.3 cm³/mol. The normalized spacial score (nSPS) is 14.9. The van der Waals surface area contributed by atoms with Crippen LogP contribution in [0.15, 0.2) is 18.2 Å². The zero-order valence-electron chi connectivity index (χ0n) is 10.7. The number of fused-ring (bicyclic) bond motifs is 1. The first-order valence-electron chi connectivity index (χ1n) is 6.74. The van der Waals surface area contributed by atoms with Gasteiger partial charge in [-0.2, -0.15) is 5.26 Å². The van der Waals surface area contributed by atoms with Crippen LogP contribution in [0.2, 0.25) is 0 Å². The van der Waals surface area contributed by atoms with Gasteiger partial charge < -0.3 is 4.57 Å². The van der Waals surface area contributed by atoms with Crippen LogP contribution >= 0.6 is 0 Å². The summed E-state index contributed by atoms with van der Waals surface area (Å²) in [7, 11) is 0. The van der Waals surface area contributed by atoms with Crippen molar-refractivity contribution in [2.75, 3.05) is 0 Å². The van der Waals surface area contributed by atoms with Crippen molar-refractivity contribution in [1.29, 1.82) is 5.26 Å². The van der Waals surface area contributed by atoms with Crippen molar-refractivity contribution >= 4 is 11.0 Å². The number of hydrogen-bond acceptors (Lipinski definition) is 2. The Balaban J connectivity index is 2.10. The van der Waals surface area contributed by atoms with Gasteiger partial charge in [0.1, 0.15) is 5.82 Å². The van der Waals surface area contributed by atoms with Crippen LogP contribution in [0.4, 0.5) is 0 Å². The van der Waals surface area contributed by atoms with Crippen molar-refractivity contribution < 1.29 is 0 Å². The number of rotatable bonds is 4. The zero-order chi connectivity index (χ0) is 12.5. The number of nitriles is 1. The molecule has 0 saturated heterocycles. The number of aryl methyl sites for hydroxylation is 1. The fourth-order valence-electron chi connectivity index (χ4n) is 2.47. The highest BCUT2D eigenvalue weighted by Gasteiger charge is 2.27. The van der Waals surface area contributed by atoms with Crippen LogP contribution in [0.25, 0.3) is 11.0 Å². The van der Waals surface area contributed by atoms with E-state index in [1.54, 1.807) is 0 Å². The summed E-state index contributed by atoms with van der Waals surface area (Å²) < 4.78 is 2.39. The van der Waals surface area contributed by atoms with Gasteiger partial charge >= 0.3 is 0 Å². The average Bonchev–Trinajstić information content (AvgIpc) is 3.16. The predicted octanol–water partition coefficient (Wildman–Crippen LogP) is 3.59. The van der Waals surface area contributed by atoms with Crippen LogP contribution in [0, 0.1) is 11.3 Å². The lowest BCUT2D eigenvalue weighted by atomic mass is 10.2. The van der Waals surface area contributed by atoms with Crippen molar-refractivity contribution in [2.24, 2.45) is 0 Å². The molecule has 1 saturated carbocycles. The minimum absolute atomic E-state index is 0.648. The molecular weight excluding hydrogens is 222 g/mol. The van der Waals surface area contributed by atoms with E-state index >= 15 is 0 Å². The van der Waals surface area contributed by atoms with Crippen molar-refractivity contribution in [1.82, 2.24) is 9.55 Å². The summed E-state index contributed by atoms with van der Waals surface area (Å²) in [5.74, 6) is 1.20. The molecule has 0 bridgehead atoms. The van der Waals surface area contributed by atoms with Crippen LogP contribution in [0.5, 0.6) is 0 Å². The molecular formula is C15H17N3. The lowest BCUT2D eigenvalue weighted by Gasteiger charge is -2.06. The highest BCUT2D eigenvalue weighted by Crippen LogP contribution is 2.39. The maximum Gasteiger partial charge on any atom is 0.110 e. The molecule has 1 fully saturated rings. The molecule has 1 aliphatic carbocycles. The monoisotopic (exact) mass is 239 g/mol. The second kappa shape index (κ2) is 4.45. The van der Waals surface area contributed by atoms with Gasteiger partial charge in [0.05, 0.1) is 22.7 Å². The van der Waals surface area contributed by atoms with E-state index in [1.807, 2.05) is 12.1 Å². The summed E-state index contributed by atoms with van der Waals surface area (Å²) in [6.45, 7) is 2.21. The van der Waals surface area contributed by atoms with Crippen molar-refractivity contribution in [3.63, 3.8) is 0 Å². The Kier molecular flexibility index (Phi) is 2.79. The number of aromatic nitrogens is 2. The second-order valence-corrected chi connectivity index (χ2v) is 5.05. The van der Waals surface area contributed by atoms with E-state index in [1.165, 1.54) is 37.0 Å². The van der Waals surface area contributed by atoms with Gasteiger partial charge in [0.15, 0.2) is 0 Å². The highest BCUT2D eigenvalue weighted by atomic mass is 15.1. The van der Waals surface area contributed by atoms with Gasteiger partial charge in [-0.15, -0.1) is 0 Å². The molecule has 1 aliphatic rings. The maximum atomic E-state index is 8.95. The Morgan fingerprint density at radius 1 is 1.44 bits per heavy atom. The van der Waals surface area contributed by atoms with Crippen LogP contribution < -0.4 is 0 Å². The van der Waals surface area contributed by atoms with E-state index in [4.69, 9.17) is 10.2 Å². The van der Waals surface area contributed by atoms with E-state index in [0.717, 1.165) is 11.9 Å². The van der Waals surface area contributed by atoms with Gasteiger partial charge in [-0.05, 0) is 37.5 Å². The minimum Gasteiger partial charge on any atom is -0.325 e. The van der Waals surface area contributed by atoms with Gasteiger partial charge in [0.2, 0.25) is 0 Å². The molecule has 1 aromatic heterocycles. The molecule has 3 rings (SSSR count). The number of benzene rings is 1. The van der Waals surface area contributed by atoms with Crippen molar-refractivity contribution in [2.45, 2.75) is 45.1 Å². The van der Waals surface area contributed by atoms with E-state index in [0.29, 0.717) is 11.6 Å². The summed E-state index contributed by atoms with van der Waals surface area (Å²) >= 11 is 0. The Morgan fingerprint density at radius 2 is 2.28 bits per heavy atom. The van der Waals surface area contributed by atoms with Gasteiger partial charge in [-0.1, -0.05) is 13.3 Å². The fraction of sp³-hybridized carbons (Fsp3) is 0.467. The molecule has 0 N–H and O–H groups in total. The molecule has 18 heavy (non-hydrogen) atoms. The number of imidazole rings is 1. The summed E-state index contributed by atoms with van der Waals surface area (Å²) in [5.41, 5.74) is 2.87. The molecule has 1 heterocycles. The molecule has 0 atom stereocenters. The standard InChI is InChI=1S/C15H17N3/c1-2-3-4-15-17-13-9-11(10-16)5-8-14(13)18(15)12-6-7-12/h5,8-9,12H,2-4,6-7H2,1H3. The average molecular weight is 239 g/mol. The van der Waals surface area contributed by atoms with Crippen molar-refractivity contribution in [3.05, 3.63) is 29.6 Å². The highest BCUT2D eigenvalue weighted by molar-refractivity contribution is 5.78. The van der Waals surface area contributed by atoms with Crippen LogP contribution in [0.1, 0.15) is 50.0 Å². The summed E-state index contributed by atoms with van der Waals surface area (Å²) in [4.78, 5) is 4.73. The third-order valence-electron chi connectivity index (χ3n) is 3.56. The Morgan fingerprint density at radius 3 is 2.94 bits per heavy atom. The van der Waals surface area contributed by atoms with Crippen LogP contribution in [-0.4, -0.2) is 9.55 Å². The van der Waals surface area contributed by atoms with Gasteiger partial charge in [0, 0.05) is 12.5 Å². The van der Waals surface area contributed by atoms with E-state index < -0.39 is 0 Å². The first kappa shape index (κ1) is 11.3. The lowest BCUT2D eigenvalue weighted by Crippen LogP contribution is -2.01. The first-order valence-corrected chi connectivity index (χ1v) is 6.74. The molecule has 2 aromatic rings. The molecule has 0 amide bonds.